The lowest BCUT2D eigenvalue weighted by molar-refractivity contribution is 0.0956. The van der Waals surface area contributed by atoms with Gasteiger partial charge in [0.1, 0.15) is 5.75 Å². The summed E-state index contributed by atoms with van der Waals surface area (Å²) in [6.45, 7) is 4.65. The molecular weight excluding hydrogens is 398 g/mol. The summed E-state index contributed by atoms with van der Waals surface area (Å²) in [6, 6.07) is 17.4. The Kier molecular flexibility index (Phi) is 5.64. The Hall–Kier alpha value is -3.21. The fourth-order valence-electron chi connectivity index (χ4n) is 5.44. The van der Waals surface area contributed by atoms with Gasteiger partial charge in [0.2, 0.25) is 0 Å². The molecule has 2 bridgehead atoms. The van der Waals surface area contributed by atoms with E-state index >= 15 is 0 Å². The van der Waals surface area contributed by atoms with Crippen LogP contribution in [0.25, 0.3) is 22.2 Å². The van der Waals surface area contributed by atoms with E-state index in [0.717, 1.165) is 45.5 Å². The number of para-hydroxylation sites is 1. The average Bonchev–Trinajstić information content (AvgIpc) is 3.46. The summed E-state index contributed by atoms with van der Waals surface area (Å²) >= 11 is 0. The molecule has 32 heavy (non-hydrogen) atoms. The predicted molar refractivity (Wildman–Crippen MR) is 128 cm³/mol. The molecule has 0 saturated heterocycles. The van der Waals surface area contributed by atoms with Gasteiger partial charge in [0, 0.05) is 22.6 Å². The highest BCUT2D eigenvalue weighted by Crippen LogP contribution is 2.48. The monoisotopic (exact) mass is 427 g/mol. The van der Waals surface area contributed by atoms with Crippen LogP contribution in [-0.2, 0) is 0 Å². The summed E-state index contributed by atoms with van der Waals surface area (Å²) in [6.07, 6.45) is 5.20. The van der Waals surface area contributed by atoms with Gasteiger partial charge < -0.3 is 4.74 Å². The molecule has 1 heterocycles. The van der Waals surface area contributed by atoms with E-state index in [2.05, 4.69) is 17.5 Å². The van der Waals surface area contributed by atoms with E-state index in [1.807, 2.05) is 61.5 Å². The first-order chi connectivity index (χ1) is 15.6. The first-order valence-corrected chi connectivity index (χ1v) is 11.6. The van der Waals surface area contributed by atoms with E-state index in [4.69, 9.17) is 9.72 Å². The number of pyridine rings is 1. The van der Waals surface area contributed by atoms with Crippen LogP contribution in [0.15, 0.2) is 59.7 Å². The molecule has 5 rings (SSSR count). The highest BCUT2D eigenvalue weighted by molar-refractivity contribution is 6.07. The zero-order chi connectivity index (χ0) is 22.1. The lowest BCUT2D eigenvalue weighted by atomic mass is 9.86. The summed E-state index contributed by atoms with van der Waals surface area (Å²) in [5, 5.41) is 5.35. The SMILES string of the molecule is CCOc1ccc(-c2cc(C(=O)NN=C(C)C3CC4CCC3C4)c3ccccc3n2)cc1. The second-order valence-corrected chi connectivity index (χ2v) is 9.01. The second kappa shape index (κ2) is 8.73. The molecule has 0 spiro atoms. The number of benzene rings is 2. The third-order valence-corrected chi connectivity index (χ3v) is 7.03. The number of carbonyl (C=O) groups is 1. The molecule has 3 atom stereocenters. The number of hydrazone groups is 1. The highest BCUT2D eigenvalue weighted by Gasteiger charge is 2.40. The molecule has 164 valence electrons. The van der Waals surface area contributed by atoms with Crippen LogP contribution < -0.4 is 10.2 Å². The molecule has 3 aromatic rings. The molecule has 2 aliphatic rings. The average molecular weight is 428 g/mol. The molecule has 3 unspecified atom stereocenters. The van der Waals surface area contributed by atoms with Gasteiger partial charge in [-0.3, -0.25) is 4.79 Å². The van der Waals surface area contributed by atoms with E-state index < -0.39 is 0 Å². The number of hydrogen-bond donors (Lipinski definition) is 1. The maximum atomic E-state index is 13.2. The molecule has 2 aromatic carbocycles. The standard InChI is InChI=1S/C27H29N3O2/c1-3-32-21-12-10-19(11-13-21)26-16-24(22-6-4-5-7-25(22)28-26)27(31)30-29-17(2)23-15-18-8-9-20(23)14-18/h4-7,10-13,16,18,20,23H,3,8-9,14-15H2,1-2H3,(H,30,31). The lowest BCUT2D eigenvalue weighted by Crippen LogP contribution is -2.24. The summed E-state index contributed by atoms with van der Waals surface area (Å²) in [5.41, 5.74) is 6.96. The maximum Gasteiger partial charge on any atom is 0.272 e. The van der Waals surface area contributed by atoms with Crippen LogP contribution in [0.3, 0.4) is 0 Å². The van der Waals surface area contributed by atoms with Crippen LogP contribution in [0.2, 0.25) is 0 Å². The van der Waals surface area contributed by atoms with Gasteiger partial charge in [-0.2, -0.15) is 5.10 Å². The summed E-state index contributed by atoms with van der Waals surface area (Å²) in [4.78, 5) is 18.0. The Morgan fingerprint density at radius 1 is 1.12 bits per heavy atom. The van der Waals surface area contributed by atoms with Crippen LogP contribution >= 0.6 is 0 Å². The van der Waals surface area contributed by atoms with Crippen LogP contribution in [-0.4, -0.2) is 23.2 Å². The smallest absolute Gasteiger partial charge is 0.272 e. The minimum absolute atomic E-state index is 0.196. The fraction of sp³-hybridized carbons (Fsp3) is 0.370. The number of carbonyl (C=O) groups excluding carboxylic acids is 1. The van der Waals surface area contributed by atoms with Crippen molar-refractivity contribution in [3.8, 4) is 17.0 Å². The molecule has 5 heteroatoms. The summed E-state index contributed by atoms with van der Waals surface area (Å²) < 4.78 is 5.54. The van der Waals surface area contributed by atoms with Gasteiger partial charge >= 0.3 is 0 Å². The summed E-state index contributed by atoms with van der Waals surface area (Å²) in [7, 11) is 0. The zero-order valence-corrected chi connectivity index (χ0v) is 18.7. The van der Waals surface area contributed by atoms with Crippen molar-refractivity contribution in [1.29, 1.82) is 0 Å². The molecule has 2 aliphatic carbocycles. The number of hydrogen-bond acceptors (Lipinski definition) is 4. The van der Waals surface area contributed by atoms with Crippen molar-refractivity contribution in [3.05, 3.63) is 60.2 Å². The number of nitrogens with one attached hydrogen (secondary N) is 1. The van der Waals surface area contributed by atoms with Crippen molar-refractivity contribution in [2.75, 3.05) is 6.61 Å². The fourth-order valence-corrected chi connectivity index (χ4v) is 5.44. The Balaban J connectivity index is 1.43. The van der Waals surface area contributed by atoms with Crippen molar-refractivity contribution in [2.24, 2.45) is 22.9 Å². The third-order valence-electron chi connectivity index (χ3n) is 7.03. The first-order valence-electron chi connectivity index (χ1n) is 11.6. The van der Waals surface area contributed by atoms with Crippen molar-refractivity contribution >= 4 is 22.5 Å². The van der Waals surface area contributed by atoms with Gasteiger partial charge in [-0.15, -0.1) is 0 Å². The lowest BCUT2D eigenvalue weighted by Gasteiger charge is -2.21. The largest absolute Gasteiger partial charge is 0.494 e. The normalized spacial score (nSPS) is 22.3. The van der Waals surface area contributed by atoms with Crippen molar-refractivity contribution in [2.45, 2.75) is 39.5 Å². The molecule has 1 aromatic heterocycles. The van der Waals surface area contributed by atoms with Crippen LogP contribution in [0.4, 0.5) is 0 Å². The van der Waals surface area contributed by atoms with E-state index in [-0.39, 0.29) is 5.91 Å². The number of rotatable bonds is 6. The van der Waals surface area contributed by atoms with Gasteiger partial charge in [-0.1, -0.05) is 24.6 Å². The van der Waals surface area contributed by atoms with Gasteiger partial charge in [0.15, 0.2) is 0 Å². The molecule has 2 saturated carbocycles. The Bertz CT molecular complexity index is 1170. The third kappa shape index (κ3) is 3.99. The van der Waals surface area contributed by atoms with Gasteiger partial charge in [-0.25, -0.2) is 10.4 Å². The minimum Gasteiger partial charge on any atom is -0.494 e. The van der Waals surface area contributed by atoms with Crippen molar-refractivity contribution < 1.29 is 9.53 Å². The molecule has 0 aliphatic heterocycles. The van der Waals surface area contributed by atoms with Crippen molar-refractivity contribution in [1.82, 2.24) is 10.4 Å². The van der Waals surface area contributed by atoms with Crippen molar-refractivity contribution in [3.63, 3.8) is 0 Å². The van der Waals surface area contributed by atoms with E-state index in [9.17, 15) is 4.79 Å². The van der Waals surface area contributed by atoms with Crippen LogP contribution in [0.1, 0.15) is 49.9 Å². The first kappa shape index (κ1) is 20.7. The quantitative estimate of drug-likeness (QED) is 0.397. The zero-order valence-electron chi connectivity index (χ0n) is 18.7. The summed E-state index contributed by atoms with van der Waals surface area (Å²) in [5.74, 6) is 2.74. The minimum atomic E-state index is -0.196. The number of nitrogens with zero attached hydrogens (tertiary/aromatic N) is 2. The van der Waals surface area contributed by atoms with Gasteiger partial charge in [0.05, 0.1) is 23.4 Å². The van der Waals surface area contributed by atoms with E-state index in [0.29, 0.717) is 18.1 Å². The Morgan fingerprint density at radius 3 is 2.66 bits per heavy atom. The Morgan fingerprint density at radius 2 is 1.94 bits per heavy atom. The number of ether oxygens (including phenoxy) is 1. The maximum absolute atomic E-state index is 13.2. The Labute approximate surface area is 188 Å². The molecule has 5 nitrogen and oxygen atoms in total. The van der Waals surface area contributed by atoms with E-state index in [1.54, 1.807) is 0 Å². The topological polar surface area (TPSA) is 63.6 Å². The molecule has 1 N–H and O–H groups in total. The molecule has 1 amide bonds. The molecule has 2 fully saturated rings. The number of fused-ring (bicyclic) bond motifs is 3. The van der Waals surface area contributed by atoms with E-state index in [1.165, 1.54) is 25.7 Å². The van der Waals surface area contributed by atoms with Crippen LogP contribution in [0, 0.1) is 17.8 Å². The number of amides is 1. The van der Waals surface area contributed by atoms with Gasteiger partial charge in [0.25, 0.3) is 5.91 Å². The predicted octanol–water partition coefficient (Wildman–Crippen LogP) is 5.84. The molecule has 0 radical (unpaired) electrons. The van der Waals surface area contributed by atoms with Crippen LogP contribution in [0.5, 0.6) is 5.75 Å². The molecular formula is C27H29N3O2. The second-order valence-electron chi connectivity index (χ2n) is 9.01. The highest BCUT2D eigenvalue weighted by atomic mass is 16.5. The number of aromatic nitrogens is 1. The van der Waals surface area contributed by atoms with Gasteiger partial charge in [-0.05, 0) is 81.3 Å².